The molecular formula is C11H13BrCl2N2OS. The lowest BCUT2D eigenvalue weighted by molar-refractivity contribution is 0.179. The zero-order chi connectivity index (χ0) is 13.7. The molecule has 0 amide bonds. The van der Waals surface area contributed by atoms with Gasteiger partial charge in [0.05, 0.1) is 22.3 Å². The molecule has 0 spiro atoms. The van der Waals surface area contributed by atoms with Gasteiger partial charge in [-0.15, -0.1) is 0 Å². The second-order valence-corrected chi connectivity index (χ2v) is 5.84. The van der Waals surface area contributed by atoms with E-state index in [9.17, 15) is 0 Å². The molecular weight excluding hydrogens is 359 g/mol. The number of halogens is 3. The molecule has 3 nitrogen and oxygen atoms in total. The van der Waals surface area contributed by atoms with Gasteiger partial charge >= 0.3 is 0 Å². The monoisotopic (exact) mass is 370 g/mol. The van der Waals surface area contributed by atoms with Gasteiger partial charge < -0.3 is 15.4 Å². The predicted octanol–water partition coefficient (Wildman–Crippen LogP) is 4.08. The average molecular weight is 372 g/mol. The molecule has 1 aromatic carbocycles. The highest BCUT2D eigenvalue weighted by Gasteiger charge is 2.10. The minimum Gasteiger partial charge on any atom is -0.383 e. The van der Waals surface area contributed by atoms with Crippen molar-refractivity contribution >= 4 is 62.1 Å². The smallest absolute Gasteiger partial charge is 0.171 e. The van der Waals surface area contributed by atoms with Crippen molar-refractivity contribution < 1.29 is 4.74 Å². The number of thiocarbonyl (C=S) groups is 1. The lowest BCUT2D eigenvalue weighted by atomic mass is 10.3. The topological polar surface area (TPSA) is 33.3 Å². The van der Waals surface area contributed by atoms with Crippen LogP contribution in [0.1, 0.15) is 6.92 Å². The van der Waals surface area contributed by atoms with Gasteiger partial charge in [0.1, 0.15) is 0 Å². The highest BCUT2D eigenvalue weighted by molar-refractivity contribution is 9.10. The molecule has 0 fully saturated rings. The van der Waals surface area contributed by atoms with Crippen molar-refractivity contribution in [3.8, 4) is 0 Å². The van der Waals surface area contributed by atoms with Crippen molar-refractivity contribution in [1.29, 1.82) is 0 Å². The first-order chi connectivity index (χ1) is 8.43. The number of rotatable bonds is 4. The summed E-state index contributed by atoms with van der Waals surface area (Å²) in [6, 6.07) is 3.59. The maximum atomic E-state index is 6.09. The Kier molecular flexibility index (Phi) is 6.66. The van der Waals surface area contributed by atoms with E-state index >= 15 is 0 Å². The quantitative estimate of drug-likeness (QED) is 0.781. The molecule has 0 bridgehead atoms. The molecule has 0 aliphatic heterocycles. The number of ether oxygens (including phenoxy) is 1. The standard InChI is InChI=1S/C11H13BrCl2N2OS/c1-6(5-17-2)15-11(18)16-10-8(13)3-7(12)4-9(10)14/h3-4,6H,5H2,1-2H3,(H2,15,16,18). The van der Waals surface area contributed by atoms with E-state index < -0.39 is 0 Å². The van der Waals surface area contributed by atoms with E-state index in [0.29, 0.717) is 27.5 Å². The van der Waals surface area contributed by atoms with E-state index in [-0.39, 0.29) is 6.04 Å². The minimum absolute atomic E-state index is 0.1000. The molecule has 100 valence electrons. The van der Waals surface area contributed by atoms with Gasteiger partial charge in [-0.05, 0) is 31.3 Å². The number of nitrogens with one attached hydrogen (secondary N) is 2. The summed E-state index contributed by atoms with van der Waals surface area (Å²) in [7, 11) is 1.64. The van der Waals surface area contributed by atoms with E-state index in [4.69, 9.17) is 40.2 Å². The molecule has 0 heterocycles. The maximum Gasteiger partial charge on any atom is 0.171 e. The molecule has 1 unspecified atom stereocenters. The third-order valence-corrected chi connectivity index (χ3v) is 3.31. The van der Waals surface area contributed by atoms with Gasteiger partial charge in [0.2, 0.25) is 0 Å². The van der Waals surface area contributed by atoms with Crippen LogP contribution in [0, 0.1) is 0 Å². The molecule has 0 radical (unpaired) electrons. The summed E-state index contributed by atoms with van der Waals surface area (Å²) in [6.45, 7) is 2.52. The van der Waals surface area contributed by atoms with E-state index in [1.807, 2.05) is 6.92 Å². The number of anilines is 1. The van der Waals surface area contributed by atoms with E-state index in [1.54, 1.807) is 19.2 Å². The second-order valence-electron chi connectivity index (χ2n) is 3.70. The summed E-state index contributed by atoms with van der Waals surface area (Å²) < 4.78 is 5.82. The van der Waals surface area contributed by atoms with Crippen LogP contribution in [-0.4, -0.2) is 24.9 Å². The third kappa shape index (κ3) is 4.90. The van der Waals surface area contributed by atoms with Crippen LogP contribution in [0.4, 0.5) is 5.69 Å². The first kappa shape index (κ1) is 16.0. The van der Waals surface area contributed by atoms with Crippen molar-refractivity contribution in [2.75, 3.05) is 19.0 Å². The first-order valence-electron chi connectivity index (χ1n) is 5.15. The number of benzene rings is 1. The van der Waals surface area contributed by atoms with Gasteiger partial charge in [-0.1, -0.05) is 39.1 Å². The van der Waals surface area contributed by atoms with Crippen molar-refractivity contribution in [3.63, 3.8) is 0 Å². The number of hydrogen-bond acceptors (Lipinski definition) is 2. The molecule has 1 rings (SSSR count). The van der Waals surface area contributed by atoms with Gasteiger partial charge in [-0.2, -0.15) is 0 Å². The molecule has 0 saturated heterocycles. The van der Waals surface area contributed by atoms with Crippen molar-refractivity contribution in [2.45, 2.75) is 13.0 Å². The van der Waals surface area contributed by atoms with Crippen LogP contribution in [0.15, 0.2) is 16.6 Å². The van der Waals surface area contributed by atoms with Crippen LogP contribution >= 0.6 is 51.3 Å². The molecule has 0 aliphatic rings. The summed E-state index contributed by atoms with van der Waals surface area (Å²) in [5.41, 5.74) is 0.587. The van der Waals surface area contributed by atoms with Crippen LogP contribution in [0.25, 0.3) is 0 Å². The predicted molar refractivity (Wildman–Crippen MR) is 84.9 cm³/mol. The van der Waals surface area contributed by atoms with E-state index in [1.165, 1.54) is 0 Å². The van der Waals surface area contributed by atoms with Gasteiger partial charge in [0.25, 0.3) is 0 Å². The normalized spacial score (nSPS) is 12.1. The maximum absolute atomic E-state index is 6.09. The SMILES string of the molecule is COCC(C)NC(=S)Nc1c(Cl)cc(Br)cc1Cl. The highest BCUT2D eigenvalue weighted by Crippen LogP contribution is 2.33. The molecule has 7 heteroatoms. The Bertz CT molecular complexity index is 422. The summed E-state index contributed by atoms with van der Waals surface area (Å²) >= 11 is 20.7. The average Bonchev–Trinajstić information content (AvgIpc) is 2.23. The zero-order valence-corrected chi connectivity index (χ0v) is 13.8. The van der Waals surface area contributed by atoms with Gasteiger partial charge in [-0.3, -0.25) is 0 Å². The molecule has 18 heavy (non-hydrogen) atoms. The lowest BCUT2D eigenvalue weighted by Crippen LogP contribution is -2.38. The Morgan fingerprint density at radius 1 is 1.44 bits per heavy atom. The van der Waals surface area contributed by atoms with Gasteiger partial charge in [0, 0.05) is 17.6 Å². The number of hydrogen-bond donors (Lipinski definition) is 2. The fourth-order valence-electron chi connectivity index (χ4n) is 1.33. The van der Waals surface area contributed by atoms with Crippen LogP contribution in [-0.2, 0) is 4.74 Å². The van der Waals surface area contributed by atoms with Crippen molar-refractivity contribution in [1.82, 2.24) is 5.32 Å². The van der Waals surface area contributed by atoms with Gasteiger partial charge in [-0.25, -0.2) is 0 Å². The Hall–Kier alpha value is -0.0700. The summed E-state index contributed by atoms with van der Waals surface area (Å²) in [6.07, 6.45) is 0. The van der Waals surface area contributed by atoms with Crippen molar-refractivity contribution in [3.05, 3.63) is 26.7 Å². The summed E-state index contributed by atoms with van der Waals surface area (Å²) in [4.78, 5) is 0. The molecule has 1 aromatic rings. The Balaban J connectivity index is 2.70. The van der Waals surface area contributed by atoms with Crippen molar-refractivity contribution in [2.24, 2.45) is 0 Å². The highest BCUT2D eigenvalue weighted by atomic mass is 79.9. The van der Waals surface area contributed by atoms with Crippen LogP contribution in [0.2, 0.25) is 10.0 Å². The largest absolute Gasteiger partial charge is 0.383 e. The Morgan fingerprint density at radius 2 is 2.00 bits per heavy atom. The molecule has 1 atom stereocenters. The van der Waals surface area contributed by atoms with E-state index in [2.05, 4.69) is 26.6 Å². The fraction of sp³-hybridized carbons (Fsp3) is 0.364. The third-order valence-electron chi connectivity index (χ3n) is 2.04. The minimum atomic E-state index is 0.1000. The first-order valence-corrected chi connectivity index (χ1v) is 7.10. The zero-order valence-electron chi connectivity index (χ0n) is 9.89. The second kappa shape index (κ2) is 7.50. The van der Waals surface area contributed by atoms with Crippen LogP contribution < -0.4 is 10.6 Å². The summed E-state index contributed by atoms with van der Waals surface area (Å²) in [5, 5.41) is 7.49. The van der Waals surface area contributed by atoms with Crippen LogP contribution in [0.3, 0.4) is 0 Å². The van der Waals surface area contributed by atoms with E-state index in [0.717, 1.165) is 4.47 Å². The molecule has 0 aromatic heterocycles. The molecule has 2 N–H and O–H groups in total. The fourth-order valence-corrected chi connectivity index (χ4v) is 2.93. The Morgan fingerprint density at radius 3 is 2.50 bits per heavy atom. The lowest BCUT2D eigenvalue weighted by Gasteiger charge is -2.17. The van der Waals surface area contributed by atoms with Gasteiger partial charge in [0.15, 0.2) is 5.11 Å². The summed E-state index contributed by atoms with van der Waals surface area (Å²) in [5.74, 6) is 0. The molecule has 0 saturated carbocycles. The molecule has 0 aliphatic carbocycles. The number of methoxy groups -OCH3 is 1. The Labute approximate surface area is 130 Å². The van der Waals surface area contributed by atoms with Crippen LogP contribution in [0.5, 0.6) is 0 Å².